The lowest BCUT2D eigenvalue weighted by Crippen LogP contribution is -2.01. The van der Waals surface area contributed by atoms with Crippen molar-refractivity contribution in [1.82, 2.24) is 0 Å². The molecule has 0 amide bonds. The van der Waals surface area contributed by atoms with E-state index in [2.05, 4.69) is 36.4 Å². The lowest BCUT2D eigenvalue weighted by Gasteiger charge is -2.21. The Kier molecular flexibility index (Phi) is 6.30. The number of phenols is 1. The Balaban J connectivity index is 1.97. The maximum Gasteiger partial charge on any atom is 0.115 e. The van der Waals surface area contributed by atoms with Crippen LogP contribution in [0.25, 0.3) is 16.7 Å². The van der Waals surface area contributed by atoms with E-state index in [1.54, 1.807) is 12.1 Å². The molecule has 0 heterocycles. The standard InChI is InChI=1S/C28H27NO/c29-20-21-13-18-26(22-9-7-4-8-10-22)27(19-21)28(24-14-16-25(30)17-15-24)23-11-5-2-1-3-6-12-23/h4,7-10,13-19,30H,1-3,5-6,11-12H2. The van der Waals surface area contributed by atoms with Crippen molar-refractivity contribution in [3.05, 3.63) is 95.1 Å². The Morgan fingerprint density at radius 3 is 2.10 bits per heavy atom. The smallest absolute Gasteiger partial charge is 0.115 e. The number of aromatic hydroxyl groups is 1. The largest absolute Gasteiger partial charge is 0.508 e. The van der Waals surface area contributed by atoms with Crippen molar-refractivity contribution in [3.63, 3.8) is 0 Å². The van der Waals surface area contributed by atoms with E-state index in [0.717, 1.165) is 35.1 Å². The molecule has 1 saturated carbocycles. The van der Waals surface area contributed by atoms with Gasteiger partial charge in [-0.2, -0.15) is 5.26 Å². The molecule has 150 valence electrons. The van der Waals surface area contributed by atoms with E-state index < -0.39 is 0 Å². The lowest BCUT2D eigenvalue weighted by atomic mass is 9.83. The molecule has 0 bridgehead atoms. The first-order valence-electron chi connectivity index (χ1n) is 10.9. The molecule has 1 aliphatic rings. The van der Waals surface area contributed by atoms with Gasteiger partial charge in [0.2, 0.25) is 0 Å². The molecular formula is C28H27NO. The molecule has 0 aromatic heterocycles. The van der Waals surface area contributed by atoms with Crippen molar-refractivity contribution in [2.45, 2.75) is 44.9 Å². The summed E-state index contributed by atoms with van der Waals surface area (Å²) in [7, 11) is 0. The third kappa shape index (κ3) is 4.47. The second kappa shape index (κ2) is 9.46. The molecule has 0 aliphatic heterocycles. The van der Waals surface area contributed by atoms with Crippen LogP contribution in [0.15, 0.2) is 78.4 Å². The molecule has 0 spiro atoms. The van der Waals surface area contributed by atoms with Crippen LogP contribution in [-0.2, 0) is 0 Å². The topological polar surface area (TPSA) is 44.0 Å². The number of phenolic OH excluding ortho intramolecular Hbond substituents is 1. The Hall–Kier alpha value is -3.31. The van der Waals surface area contributed by atoms with Crippen LogP contribution in [0.4, 0.5) is 0 Å². The van der Waals surface area contributed by atoms with Crippen LogP contribution in [0, 0.1) is 11.3 Å². The van der Waals surface area contributed by atoms with Crippen LogP contribution in [0.3, 0.4) is 0 Å². The monoisotopic (exact) mass is 393 g/mol. The zero-order valence-electron chi connectivity index (χ0n) is 17.3. The van der Waals surface area contributed by atoms with E-state index in [4.69, 9.17) is 0 Å². The second-order valence-electron chi connectivity index (χ2n) is 8.03. The zero-order valence-corrected chi connectivity index (χ0v) is 17.3. The summed E-state index contributed by atoms with van der Waals surface area (Å²) in [6.07, 6.45) is 8.45. The number of hydrogen-bond acceptors (Lipinski definition) is 2. The summed E-state index contributed by atoms with van der Waals surface area (Å²) in [5.41, 5.74) is 7.89. The minimum Gasteiger partial charge on any atom is -0.508 e. The molecule has 2 heteroatoms. The molecule has 0 atom stereocenters. The van der Waals surface area contributed by atoms with Gasteiger partial charge < -0.3 is 5.11 Å². The van der Waals surface area contributed by atoms with Gasteiger partial charge in [0.25, 0.3) is 0 Å². The number of nitriles is 1. The lowest BCUT2D eigenvalue weighted by molar-refractivity contribution is 0.475. The highest BCUT2D eigenvalue weighted by Gasteiger charge is 2.18. The summed E-state index contributed by atoms with van der Waals surface area (Å²) in [4.78, 5) is 0. The van der Waals surface area contributed by atoms with Gasteiger partial charge >= 0.3 is 0 Å². The van der Waals surface area contributed by atoms with Crippen molar-refractivity contribution in [3.8, 4) is 22.9 Å². The molecule has 1 N–H and O–H groups in total. The number of rotatable bonds is 3. The molecular weight excluding hydrogens is 366 g/mol. The van der Waals surface area contributed by atoms with Crippen molar-refractivity contribution >= 4 is 5.57 Å². The van der Waals surface area contributed by atoms with Crippen LogP contribution >= 0.6 is 0 Å². The zero-order chi connectivity index (χ0) is 20.8. The third-order valence-corrected chi connectivity index (χ3v) is 5.97. The second-order valence-corrected chi connectivity index (χ2v) is 8.03. The fourth-order valence-electron chi connectivity index (χ4n) is 4.45. The van der Waals surface area contributed by atoms with E-state index in [-0.39, 0.29) is 5.75 Å². The minimum atomic E-state index is 0.273. The van der Waals surface area contributed by atoms with Gasteiger partial charge in [-0.1, -0.05) is 73.4 Å². The maximum atomic E-state index is 9.86. The van der Waals surface area contributed by atoms with Gasteiger partial charge in [0.05, 0.1) is 11.6 Å². The quantitative estimate of drug-likeness (QED) is 0.501. The number of hydrogen-bond donors (Lipinski definition) is 1. The van der Waals surface area contributed by atoms with Gasteiger partial charge in [-0.25, -0.2) is 0 Å². The molecule has 1 fully saturated rings. The van der Waals surface area contributed by atoms with Crippen molar-refractivity contribution in [1.29, 1.82) is 5.26 Å². The normalized spacial score (nSPS) is 14.4. The Labute approximate surface area is 179 Å². The molecule has 1 aliphatic carbocycles. The fourth-order valence-corrected chi connectivity index (χ4v) is 4.45. The van der Waals surface area contributed by atoms with Crippen molar-refractivity contribution < 1.29 is 5.11 Å². The summed E-state index contributed by atoms with van der Waals surface area (Å²) in [6.45, 7) is 0. The molecule has 3 aromatic carbocycles. The molecule has 4 rings (SSSR count). The van der Waals surface area contributed by atoms with Gasteiger partial charge in [0, 0.05) is 0 Å². The molecule has 2 nitrogen and oxygen atoms in total. The fraction of sp³-hybridized carbons (Fsp3) is 0.250. The predicted octanol–water partition coefficient (Wildman–Crippen LogP) is 7.48. The first kappa shape index (κ1) is 20.0. The SMILES string of the molecule is N#Cc1ccc(-c2ccccc2)c(C(=C2CCCCCCC2)c2ccc(O)cc2)c1. The van der Waals surface area contributed by atoms with Gasteiger partial charge in [-0.05, 0) is 77.8 Å². The molecule has 0 unspecified atom stereocenters. The summed E-state index contributed by atoms with van der Waals surface area (Å²) < 4.78 is 0. The van der Waals surface area contributed by atoms with Gasteiger partial charge in [0.15, 0.2) is 0 Å². The first-order valence-corrected chi connectivity index (χ1v) is 10.9. The Bertz CT molecular complexity index is 1060. The Morgan fingerprint density at radius 1 is 0.767 bits per heavy atom. The predicted molar refractivity (Wildman–Crippen MR) is 123 cm³/mol. The van der Waals surface area contributed by atoms with E-state index in [1.807, 2.05) is 30.3 Å². The van der Waals surface area contributed by atoms with Gasteiger partial charge in [0.1, 0.15) is 5.75 Å². The molecule has 30 heavy (non-hydrogen) atoms. The highest BCUT2D eigenvalue weighted by atomic mass is 16.3. The van der Waals surface area contributed by atoms with Gasteiger partial charge in [-0.15, -0.1) is 0 Å². The summed E-state index contributed by atoms with van der Waals surface area (Å²) in [5.74, 6) is 0.273. The summed E-state index contributed by atoms with van der Waals surface area (Å²) in [5, 5.41) is 19.5. The van der Waals surface area contributed by atoms with Crippen LogP contribution in [0.1, 0.15) is 61.6 Å². The van der Waals surface area contributed by atoms with Crippen molar-refractivity contribution in [2.75, 3.05) is 0 Å². The van der Waals surface area contributed by atoms with E-state index in [0.29, 0.717) is 5.56 Å². The van der Waals surface area contributed by atoms with E-state index in [9.17, 15) is 10.4 Å². The average molecular weight is 394 g/mol. The highest BCUT2D eigenvalue weighted by molar-refractivity contribution is 5.91. The molecule has 3 aromatic rings. The average Bonchev–Trinajstić information content (AvgIpc) is 2.77. The Morgan fingerprint density at radius 2 is 1.43 bits per heavy atom. The van der Waals surface area contributed by atoms with Crippen LogP contribution in [0.2, 0.25) is 0 Å². The third-order valence-electron chi connectivity index (χ3n) is 5.97. The highest BCUT2D eigenvalue weighted by Crippen LogP contribution is 2.39. The molecule has 0 saturated heterocycles. The number of allylic oxidation sites excluding steroid dienone is 1. The summed E-state index contributed by atoms with van der Waals surface area (Å²) >= 11 is 0. The summed E-state index contributed by atoms with van der Waals surface area (Å²) in [6, 6.07) is 26.3. The van der Waals surface area contributed by atoms with E-state index in [1.165, 1.54) is 43.3 Å². The minimum absolute atomic E-state index is 0.273. The first-order chi connectivity index (χ1) is 14.8. The van der Waals surface area contributed by atoms with Crippen LogP contribution in [-0.4, -0.2) is 5.11 Å². The van der Waals surface area contributed by atoms with Gasteiger partial charge in [-0.3, -0.25) is 0 Å². The maximum absolute atomic E-state index is 9.86. The van der Waals surface area contributed by atoms with Crippen molar-refractivity contribution in [2.24, 2.45) is 0 Å². The van der Waals surface area contributed by atoms with Crippen LogP contribution in [0.5, 0.6) is 5.75 Å². The number of benzene rings is 3. The van der Waals surface area contributed by atoms with Crippen LogP contribution < -0.4 is 0 Å². The van der Waals surface area contributed by atoms with E-state index >= 15 is 0 Å². The molecule has 0 radical (unpaired) electrons. The number of nitrogens with zero attached hydrogens (tertiary/aromatic N) is 1.